The number of hydrogen-bond donors (Lipinski definition) is 2. The molecule has 2 atom stereocenters. The molecule has 1 unspecified atom stereocenters. The number of rotatable bonds is 4. The maximum Gasteiger partial charge on any atom is 0.325 e. The largest absolute Gasteiger partial charge is 0.508 e. The van der Waals surface area contributed by atoms with E-state index in [1.807, 2.05) is 41.3 Å². The molecule has 3 rings (SSSR count). The Bertz CT molecular complexity index is 699. The fourth-order valence-electron chi connectivity index (χ4n) is 3.45. The summed E-state index contributed by atoms with van der Waals surface area (Å²) in [5.74, 6) is -0.754. The number of aliphatic carboxylic acids is 1. The lowest BCUT2D eigenvalue weighted by Crippen LogP contribution is -2.46. The number of aromatic hydroxyl groups is 1. The second-order valence-corrected chi connectivity index (χ2v) is 6.05. The van der Waals surface area contributed by atoms with E-state index in [2.05, 4.69) is 6.92 Å². The summed E-state index contributed by atoms with van der Waals surface area (Å²) in [5.41, 5.74) is 2.82. The van der Waals surface area contributed by atoms with Gasteiger partial charge in [0.2, 0.25) is 0 Å². The molecule has 4 nitrogen and oxygen atoms in total. The third-order valence-corrected chi connectivity index (χ3v) is 4.59. The molecule has 0 saturated heterocycles. The van der Waals surface area contributed by atoms with Crippen LogP contribution in [0.5, 0.6) is 5.75 Å². The Balaban J connectivity index is 2.02. The maximum atomic E-state index is 12.0. The van der Waals surface area contributed by atoms with E-state index < -0.39 is 12.0 Å². The van der Waals surface area contributed by atoms with Crippen LogP contribution in [0.25, 0.3) is 0 Å². The predicted molar refractivity (Wildman–Crippen MR) is 88.3 cm³/mol. The molecule has 1 aliphatic rings. The highest BCUT2D eigenvalue weighted by Crippen LogP contribution is 2.37. The zero-order chi connectivity index (χ0) is 16.4. The smallest absolute Gasteiger partial charge is 0.325 e. The van der Waals surface area contributed by atoms with Gasteiger partial charge in [0.15, 0.2) is 0 Å². The first-order chi connectivity index (χ1) is 11.1. The summed E-state index contributed by atoms with van der Waals surface area (Å²) in [6, 6.07) is 14.5. The summed E-state index contributed by atoms with van der Waals surface area (Å²) in [6.45, 7) is 2.68. The van der Waals surface area contributed by atoms with Crippen LogP contribution in [0.15, 0.2) is 48.5 Å². The van der Waals surface area contributed by atoms with Gasteiger partial charge >= 0.3 is 5.97 Å². The minimum atomic E-state index is -0.870. The first-order valence-electron chi connectivity index (χ1n) is 7.94. The Morgan fingerprint density at radius 2 is 1.96 bits per heavy atom. The molecule has 2 aromatic carbocycles. The van der Waals surface area contributed by atoms with Gasteiger partial charge in [0.25, 0.3) is 0 Å². The zero-order valence-corrected chi connectivity index (χ0v) is 13.1. The van der Waals surface area contributed by atoms with E-state index in [0.29, 0.717) is 12.1 Å². The van der Waals surface area contributed by atoms with E-state index in [4.69, 9.17) is 0 Å². The first kappa shape index (κ1) is 15.6. The van der Waals surface area contributed by atoms with Gasteiger partial charge in [-0.1, -0.05) is 43.3 Å². The van der Waals surface area contributed by atoms with Gasteiger partial charge in [-0.15, -0.1) is 0 Å². The summed E-state index contributed by atoms with van der Waals surface area (Å²) in [7, 11) is 0. The second kappa shape index (κ2) is 6.42. The minimum Gasteiger partial charge on any atom is -0.508 e. The van der Waals surface area contributed by atoms with Crippen molar-refractivity contribution in [2.24, 2.45) is 0 Å². The zero-order valence-electron chi connectivity index (χ0n) is 13.1. The highest BCUT2D eigenvalue weighted by molar-refractivity contribution is 5.77. The number of phenolic OH excluding ortho intramolecular Hbond substituents is 1. The summed E-state index contributed by atoms with van der Waals surface area (Å²) in [6.07, 6.45) is 1.69. The van der Waals surface area contributed by atoms with Gasteiger partial charge in [0, 0.05) is 12.6 Å². The predicted octanol–water partition coefficient (Wildman–Crippen LogP) is 3.35. The highest BCUT2D eigenvalue weighted by atomic mass is 16.4. The van der Waals surface area contributed by atoms with Crippen LogP contribution in [-0.2, 0) is 17.8 Å². The molecule has 23 heavy (non-hydrogen) atoms. The number of hydrogen-bond acceptors (Lipinski definition) is 3. The van der Waals surface area contributed by atoms with Crippen molar-refractivity contribution in [3.8, 4) is 5.75 Å². The van der Waals surface area contributed by atoms with Gasteiger partial charge in [0.1, 0.15) is 11.8 Å². The third kappa shape index (κ3) is 3.08. The number of phenols is 1. The number of benzene rings is 2. The van der Waals surface area contributed by atoms with Crippen LogP contribution in [0.4, 0.5) is 0 Å². The molecule has 1 aliphatic heterocycles. The molecule has 0 saturated carbocycles. The lowest BCUT2D eigenvalue weighted by molar-refractivity contribution is -0.145. The molecule has 0 radical (unpaired) electrons. The fraction of sp³-hybridized carbons (Fsp3) is 0.316. The Morgan fingerprint density at radius 3 is 2.61 bits per heavy atom. The Morgan fingerprint density at radius 1 is 1.22 bits per heavy atom. The molecule has 2 N–H and O–H groups in total. The molecule has 0 bridgehead atoms. The lowest BCUT2D eigenvalue weighted by Gasteiger charge is -2.41. The molecular formula is C19H21NO3. The molecule has 1 heterocycles. The highest BCUT2D eigenvalue weighted by Gasteiger charge is 2.38. The number of fused-ring (bicyclic) bond motifs is 1. The summed E-state index contributed by atoms with van der Waals surface area (Å²) >= 11 is 0. The molecule has 4 heteroatoms. The summed E-state index contributed by atoms with van der Waals surface area (Å²) in [5, 5.41) is 19.6. The Labute approximate surface area is 136 Å². The molecule has 0 amide bonds. The van der Waals surface area contributed by atoms with E-state index in [-0.39, 0.29) is 11.8 Å². The van der Waals surface area contributed by atoms with Crippen LogP contribution in [0.2, 0.25) is 0 Å². The van der Waals surface area contributed by atoms with Crippen molar-refractivity contribution in [3.05, 3.63) is 65.2 Å². The van der Waals surface area contributed by atoms with Crippen molar-refractivity contribution >= 4 is 5.97 Å². The fourth-order valence-corrected chi connectivity index (χ4v) is 3.45. The monoisotopic (exact) mass is 311 g/mol. The number of carboxylic acids is 1. The van der Waals surface area contributed by atoms with Crippen molar-refractivity contribution in [1.82, 2.24) is 4.90 Å². The molecule has 0 fully saturated rings. The van der Waals surface area contributed by atoms with E-state index >= 15 is 0 Å². The van der Waals surface area contributed by atoms with Gasteiger partial charge in [-0.25, -0.2) is 0 Å². The standard InChI is InChI=1S/C19H21NO3/c1-2-15-10-14-8-9-16(21)11-17(14)18(19(22)23)20(15)12-13-6-4-3-5-7-13/h3-9,11,15,18,21H,2,10,12H2,1H3,(H,22,23)/t15-,18?/m0/s1. The summed E-state index contributed by atoms with van der Waals surface area (Å²) < 4.78 is 0. The number of carbonyl (C=O) groups is 1. The Hall–Kier alpha value is -2.33. The van der Waals surface area contributed by atoms with Crippen LogP contribution < -0.4 is 0 Å². The summed E-state index contributed by atoms with van der Waals surface area (Å²) in [4.78, 5) is 14.0. The van der Waals surface area contributed by atoms with Crippen molar-refractivity contribution in [3.63, 3.8) is 0 Å². The van der Waals surface area contributed by atoms with Crippen LogP contribution in [0.3, 0.4) is 0 Å². The molecule has 0 spiro atoms. The third-order valence-electron chi connectivity index (χ3n) is 4.59. The van der Waals surface area contributed by atoms with Crippen LogP contribution in [-0.4, -0.2) is 27.1 Å². The van der Waals surface area contributed by atoms with E-state index in [1.165, 1.54) is 0 Å². The topological polar surface area (TPSA) is 60.8 Å². The van der Waals surface area contributed by atoms with Gasteiger partial charge in [-0.2, -0.15) is 0 Å². The minimum absolute atomic E-state index is 0.115. The van der Waals surface area contributed by atoms with Crippen molar-refractivity contribution in [2.75, 3.05) is 0 Å². The van der Waals surface area contributed by atoms with E-state index in [1.54, 1.807) is 12.1 Å². The van der Waals surface area contributed by atoms with Crippen LogP contribution >= 0.6 is 0 Å². The normalized spacial score (nSPS) is 20.9. The SMILES string of the molecule is CC[C@H]1Cc2ccc(O)cc2C(C(=O)O)N1Cc1ccccc1. The average Bonchev–Trinajstić information content (AvgIpc) is 2.54. The number of carboxylic acid groups (broad SMARTS) is 1. The molecule has 0 aliphatic carbocycles. The maximum absolute atomic E-state index is 12.0. The van der Waals surface area contributed by atoms with Crippen LogP contribution in [0, 0.1) is 0 Å². The van der Waals surface area contributed by atoms with E-state index in [9.17, 15) is 15.0 Å². The van der Waals surface area contributed by atoms with Gasteiger partial charge in [0.05, 0.1) is 0 Å². The van der Waals surface area contributed by atoms with E-state index in [0.717, 1.165) is 24.0 Å². The van der Waals surface area contributed by atoms with Gasteiger partial charge in [-0.05, 0) is 41.7 Å². The molecule has 2 aromatic rings. The number of nitrogens with zero attached hydrogens (tertiary/aromatic N) is 1. The van der Waals surface area contributed by atoms with Crippen molar-refractivity contribution in [1.29, 1.82) is 0 Å². The van der Waals surface area contributed by atoms with Gasteiger partial charge in [-0.3, -0.25) is 9.69 Å². The van der Waals surface area contributed by atoms with Crippen LogP contribution in [0.1, 0.15) is 36.1 Å². The van der Waals surface area contributed by atoms with Crippen molar-refractivity contribution < 1.29 is 15.0 Å². The molecular weight excluding hydrogens is 290 g/mol. The molecule has 0 aromatic heterocycles. The van der Waals surface area contributed by atoms with Crippen molar-refractivity contribution in [2.45, 2.75) is 38.4 Å². The molecule has 120 valence electrons. The first-order valence-corrected chi connectivity index (χ1v) is 7.94. The lowest BCUT2D eigenvalue weighted by atomic mass is 9.86. The van der Waals surface area contributed by atoms with Gasteiger partial charge < -0.3 is 10.2 Å². The Kier molecular flexibility index (Phi) is 4.35. The quantitative estimate of drug-likeness (QED) is 0.909. The second-order valence-electron chi connectivity index (χ2n) is 6.05. The average molecular weight is 311 g/mol.